The number of aryl methyl sites for hydroxylation is 1. The second-order valence-electron chi connectivity index (χ2n) is 6.72. The Bertz CT molecular complexity index is 784. The van der Waals surface area contributed by atoms with Crippen LogP contribution in [0, 0.1) is 6.92 Å². The molecule has 0 aromatic heterocycles. The third-order valence-corrected chi connectivity index (χ3v) is 4.96. The van der Waals surface area contributed by atoms with Crippen LogP contribution in [-0.4, -0.2) is 24.1 Å². The van der Waals surface area contributed by atoms with Gasteiger partial charge in [0.1, 0.15) is 0 Å². The Hall–Kier alpha value is -2.62. The highest BCUT2D eigenvalue weighted by Gasteiger charge is 2.54. The molecule has 2 aromatic carbocycles. The van der Waals surface area contributed by atoms with Crippen molar-refractivity contribution in [3.05, 3.63) is 71.3 Å². The minimum absolute atomic E-state index is 0.198. The predicted molar refractivity (Wildman–Crippen MR) is 99.0 cm³/mol. The molecule has 1 aliphatic rings. The molecule has 1 saturated carbocycles. The van der Waals surface area contributed by atoms with E-state index in [2.05, 4.69) is 0 Å². The highest BCUT2D eigenvalue weighted by atomic mass is 16.6. The van der Waals surface area contributed by atoms with E-state index in [0.717, 1.165) is 24.0 Å². The molecular formula is C22H24O4. The molecule has 4 nitrogen and oxygen atoms in total. The topological polar surface area (TPSA) is 52.6 Å². The molecule has 0 saturated heterocycles. The summed E-state index contributed by atoms with van der Waals surface area (Å²) in [5, 5.41) is 0. The molecule has 0 amide bonds. The lowest BCUT2D eigenvalue weighted by Gasteiger charge is -2.33. The van der Waals surface area contributed by atoms with Crippen LogP contribution in [0.15, 0.2) is 54.6 Å². The Balaban J connectivity index is 1.96. The zero-order valence-electron chi connectivity index (χ0n) is 15.2. The molecule has 0 radical (unpaired) electrons. The highest BCUT2D eigenvalue weighted by Crippen LogP contribution is 2.46. The van der Waals surface area contributed by atoms with Crippen LogP contribution in [0.2, 0.25) is 0 Å². The number of benzene rings is 2. The number of hydrogen-bond acceptors (Lipinski definition) is 4. The summed E-state index contributed by atoms with van der Waals surface area (Å²) in [6, 6.07) is 17.0. The number of rotatable bonds is 5. The summed E-state index contributed by atoms with van der Waals surface area (Å²) in [5.74, 6) is -1.13. The summed E-state index contributed by atoms with van der Waals surface area (Å²) in [7, 11) is 0. The second-order valence-corrected chi connectivity index (χ2v) is 6.72. The summed E-state index contributed by atoms with van der Waals surface area (Å²) < 4.78 is 11.2. The van der Waals surface area contributed by atoms with E-state index in [1.54, 1.807) is 19.1 Å². The summed E-state index contributed by atoms with van der Waals surface area (Å²) in [4.78, 5) is 25.7. The minimum atomic E-state index is -1.27. The molecule has 2 unspecified atom stereocenters. The zero-order chi connectivity index (χ0) is 18.6. The van der Waals surface area contributed by atoms with Crippen LogP contribution in [0.3, 0.4) is 0 Å². The number of hydrogen-bond donors (Lipinski definition) is 0. The molecule has 2 atom stereocenters. The second kappa shape index (κ2) is 7.73. The average molecular weight is 352 g/mol. The third kappa shape index (κ3) is 3.50. The Morgan fingerprint density at radius 3 is 2.58 bits per heavy atom. The molecule has 136 valence electrons. The van der Waals surface area contributed by atoms with Gasteiger partial charge in [-0.05, 0) is 50.8 Å². The van der Waals surface area contributed by atoms with Crippen molar-refractivity contribution >= 4 is 11.9 Å². The van der Waals surface area contributed by atoms with Crippen molar-refractivity contribution < 1.29 is 19.1 Å². The van der Waals surface area contributed by atoms with Crippen molar-refractivity contribution in [2.45, 2.75) is 44.6 Å². The maximum Gasteiger partial charge on any atom is 0.351 e. The lowest BCUT2D eigenvalue weighted by molar-refractivity contribution is -0.166. The van der Waals surface area contributed by atoms with Crippen LogP contribution < -0.4 is 0 Å². The van der Waals surface area contributed by atoms with Crippen molar-refractivity contribution in [1.29, 1.82) is 0 Å². The summed E-state index contributed by atoms with van der Waals surface area (Å²) in [6.07, 6.45) is 2.06. The van der Waals surface area contributed by atoms with Crippen LogP contribution in [0.25, 0.3) is 0 Å². The maximum atomic E-state index is 12.9. The SMILES string of the molecule is CCOC(=O)C1(OC(=O)c2cccc(C)c2)CCCC1c1ccccc1. The van der Waals surface area contributed by atoms with Gasteiger partial charge in [-0.25, -0.2) is 9.59 Å². The first kappa shape index (κ1) is 18.2. The van der Waals surface area contributed by atoms with E-state index in [-0.39, 0.29) is 12.5 Å². The predicted octanol–water partition coefficient (Wildman–Crippen LogP) is 4.42. The Morgan fingerprint density at radius 1 is 1.12 bits per heavy atom. The number of carbonyl (C=O) groups excluding carboxylic acids is 2. The number of ether oxygens (including phenoxy) is 2. The molecule has 0 aliphatic heterocycles. The third-order valence-electron chi connectivity index (χ3n) is 4.96. The minimum Gasteiger partial charge on any atom is -0.463 e. The van der Waals surface area contributed by atoms with Gasteiger partial charge in [0.2, 0.25) is 5.60 Å². The maximum absolute atomic E-state index is 12.9. The van der Waals surface area contributed by atoms with E-state index < -0.39 is 17.5 Å². The van der Waals surface area contributed by atoms with Crippen LogP contribution in [0.1, 0.15) is 53.6 Å². The fourth-order valence-corrected chi connectivity index (χ4v) is 3.76. The van der Waals surface area contributed by atoms with Gasteiger partial charge in [-0.1, -0.05) is 48.0 Å². The molecule has 3 rings (SSSR count). The fourth-order valence-electron chi connectivity index (χ4n) is 3.76. The Morgan fingerprint density at radius 2 is 1.88 bits per heavy atom. The van der Waals surface area contributed by atoms with Crippen LogP contribution >= 0.6 is 0 Å². The summed E-state index contributed by atoms with van der Waals surface area (Å²) in [5.41, 5.74) is 1.15. The van der Waals surface area contributed by atoms with Crippen molar-refractivity contribution in [3.8, 4) is 0 Å². The highest BCUT2D eigenvalue weighted by molar-refractivity contribution is 5.93. The van der Waals surface area contributed by atoms with Gasteiger partial charge >= 0.3 is 11.9 Å². The van der Waals surface area contributed by atoms with Crippen LogP contribution in [-0.2, 0) is 14.3 Å². The largest absolute Gasteiger partial charge is 0.463 e. The molecule has 0 heterocycles. The molecule has 0 bridgehead atoms. The van der Waals surface area contributed by atoms with Crippen LogP contribution in [0.4, 0.5) is 0 Å². The lowest BCUT2D eigenvalue weighted by Crippen LogP contribution is -2.46. The number of carbonyl (C=O) groups is 2. The van der Waals surface area contributed by atoms with Crippen molar-refractivity contribution in [1.82, 2.24) is 0 Å². The standard InChI is InChI=1S/C22H24O4/c1-3-25-21(24)22(26-20(23)18-12-7-9-16(2)15-18)14-8-13-19(22)17-10-5-4-6-11-17/h4-7,9-12,15,19H,3,8,13-14H2,1-2H3. The molecular weight excluding hydrogens is 328 g/mol. The molecule has 0 spiro atoms. The van der Waals surface area contributed by atoms with Gasteiger partial charge in [-0.15, -0.1) is 0 Å². The van der Waals surface area contributed by atoms with Gasteiger partial charge in [0.05, 0.1) is 12.2 Å². The van der Waals surface area contributed by atoms with E-state index in [0.29, 0.717) is 12.0 Å². The molecule has 2 aromatic rings. The lowest BCUT2D eigenvalue weighted by atomic mass is 9.84. The quantitative estimate of drug-likeness (QED) is 0.748. The van der Waals surface area contributed by atoms with E-state index in [1.807, 2.05) is 49.4 Å². The van der Waals surface area contributed by atoms with Gasteiger partial charge in [-0.2, -0.15) is 0 Å². The fraction of sp³-hybridized carbons (Fsp3) is 0.364. The Kier molecular flexibility index (Phi) is 5.40. The summed E-state index contributed by atoms with van der Waals surface area (Å²) in [6.45, 7) is 3.94. The van der Waals surface area contributed by atoms with E-state index in [9.17, 15) is 9.59 Å². The van der Waals surface area contributed by atoms with E-state index >= 15 is 0 Å². The Labute approximate surface area is 154 Å². The molecule has 1 fully saturated rings. The zero-order valence-corrected chi connectivity index (χ0v) is 15.2. The first-order valence-electron chi connectivity index (χ1n) is 9.09. The van der Waals surface area contributed by atoms with Crippen molar-refractivity contribution in [3.63, 3.8) is 0 Å². The van der Waals surface area contributed by atoms with E-state index in [4.69, 9.17) is 9.47 Å². The van der Waals surface area contributed by atoms with Crippen molar-refractivity contribution in [2.24, 2.45) is 0 Å². The van der Waals surface area contributed by atoms with Gasteiger partial charge in [-0.3, -0.25) is 0 Å². The van der Waals surface area contributed by atoms with Gasteiger partial charge in [0.15, 0.2) is 0 Å². The average Bonchev–Trinajstić information content (AvgIpc) is 3.07. The number of esters is 2. The van der Waals surface area contributed by atoms with Gasteiger partial charge in [0, 0.05) is 5.92 Å². The normalized spacial score (nSPS) is 22.0. The van der Waals surface area contributed by atoms with Gasteiger partial charge < -0.3 is 9.47 Å². The van der Waals surface area contributed by atoms with E-state index in [1.165, 1.54) is 0 Å². The molecule has 1 aliphatic carbocycles. The van der Waals surface area contributed by atoms with Gasteiger partial charge in [0.25, 0.3) is 0 Å². The molecule has 4 heteroatoms. The van der Waals surface area contributed by atoms with Crippen molar-refractivity contribution in [2.75, 3.05) is 6.61 Å². The summed E-state index contributed by atoms with van der Waals surface area (Å²) >= 11 is 0. The molecule has 26 heavy (non-hydrogen) atoms. The van der Waals surface area contributed by atoms with Crippen LogP contribution in [0.5, 0.6) is 0 Å². The first-order chi connectivity index (χ1) is 12.6. The first-order valence-corrected chi connectivity index (χ1v) is 9.09. The smallest absolute Gasteiger partial charge is 0.351 e. The monoisotopic (exact) mass is 352 g/mol. The molecule has 0 N–H and O–H groups in total.